The van der Waals surface area contributed by atoms with E-state index >= 15 is 0 Å². The van der Waals surface area contributed by atoms with E-state index in [-0.39, 0.29) is 5.56 Å². The number of nitrogens with one attached hydrogen (secondary N) is 1. The zero-order valence-corrected chi connectivity index (χ0v) is 17.6. The van der Waals surface area contributed by atoms with Crippen LogP contribution in [-0.4, -0.2) is 57.0 Å². The first kappa shape index (κ1) is 23.3. The molecule has 1 heterocycles. The monoisotopic (exact) mass is 476 g/mol. The zero-order chi connectivity index (χ0) is 22.6. The molecule has 1 aliphatic heterocycles. The molecule has 31 heavy (non-hydrogen) atoms. The number of hydrogen-bond acceptors (Lipinski definition) is 5. The second-order valence-electron chi connectivity index (χ2n) is 6.79. The summed E-state index contributed by atoms with van der Waals surface area (Å²) in [6.07, 6.45) is -5.05. The summed E-state index contributed by atoms with van der Waals surface area (Å²) in [5.74, 6) is -1.27. The molecule has 0 aliphatic carbocycles. The molecule has 1 amide bonds. The van der Waals surface area contributed by atoms with Gasteiger partial charge in [0.2, 0.25) is 0 Å². The van der Waals surface area contributed by atoms with Gasteiger partial charge in [-0.05, 0) is 35.9 Å². The molecule has 1 fully saturated rings. The van der Waals surface area contributed by atoms with E-state index in [1.54, 1.807) is 6.07 Å². The summed E-state index contributed by atoms with van der Waals surface area (Å²) in [6, 6.07) is 10.6. The van der Waals surface area contributed by atoms with E-state index in [4.69, 9.17) is 11.6 Å². The van der Waals surface area contributed by atoms with E-state index in [0.717, 1.165) is 17.7 Å². The predicted molar refractivity (Wildman–Crippen MR) is 108 cm³/mol. The fourth-order valence-electron chi connectivity index (χ4n) is 3.22. The molecule has 0 bridgehead atoms. The van der Waals surface area contributed by atoms with Gasteiger partial charge in [0.1, 0.15) is 0 Å². The van der Waals surface area contributed by atoms with Crippen molar-refractivity contribution in [2.75, 3.05) is 30.9 Å². The van der Waals surface area contributed by atoms with Gasteiger partial charge in [0.15, 0.2) is 5.75 Å². The third-order valence-corrected chi connectivity index (χ3v) is 5.22. The Labute approximate surface area is 184 Å². The maximum atomic E-state index is 12.8. The third kappa shape index (κ3) is 6.82. The van der Waals surface area contributed by atoms with Crippen LogP contribution >= 0.6 is 11.6 Å². The average Bonchev–Trinajstić information content (AvgIpc) is 2.68. The smallest absolute Gasteiger partial charge is 0.573 e. The molecular weight excluding hydrogens is 459 g/mol. The zero-order valence-electron chi connectivity index (χ0n) is 16.0. The quantitative estimate of drug-likeness (QED) is 0.646. The lowest BCUT2D eigenvalue weighted by atomic mass is 10.1. The summed E-state index contributed by atoms with van der Waals surface area (Å²) in [5.41, 5.74) is 0.582. The van der Waals surface area contributed by atoms with Crippen molar-refractivity contribution in [3.05, 3.63) is 58.6 Å². The molecular formula is C19H18ClF3N3O4S-. The number of amides is 1. The summed E-state index contributed by atoms with van der Waals surface area (Å²) in [5, 5.41) is 0.641. The SMILES string of the molecule is O=C(c1ccc(NS(=O)[O-])c(OC(F)(F)F)c1)N1CCN(Cc2cccc(Cl)c2)CC1. The highest BCUT2D eigenvalue weighted by Crippen LogP contribution is 2.32. The Morgan fingerprint density at radius 2 is 1.87 bits per heavy atom. The van der Waals surface area contributed by atoms with E-state index < -0.39 is 35.0 Å². The Bertz CT molecular complexity index is 969. The number of nitrogens with zero attached hydrogens (tertiary/aromatic N) is 2. The van der Waals surface area contributed by atoms with Crippen molar-refractivity contribution in [2.45, 2.75) is 12.9 Å². The average molecular weight is 477 g/mol. The molecule has 1 unspecified atom stereocenters. The maximum absolute atomic E-state index is 12.8. The van der Waals surface area contributed by atoms with Gasteiger partial charge in [0.05, 0.1) is 5.69 Å². The number of anilines is 1. The van der Waals surface area contributed by atoms with Crippen LogP contribution in [0.1, 0.15) is 15.9 Å². The summed E-state index contributed by atoms with van der Waals surface area (Å²) in [6.45, 7) is 2.61. The lowest BCUT2D eigenvalue weighted by Crippen LogP contribution is -2.48. The van der Waals surface area contributed by atoms with Crippen LogP contribution in [-0.2, 0) is 17.8 Å². The van der Waals surface area contributed by atoms with Crippen molar-refractivity contribution >= 4 is 34.5 Å². The molecule has 2 aromatic carbocycles. The minimum Gasteiger partial charge on any atom is -0.755 e. The standard InChI is InChI=1S/C19H19ClF3N3O4S/c20-15-3-1-2-13(10-15)12-25-6-8-26(9-7-25)18(27)14-4-5-16(24-31(28)29)17(11-14)30-19(21,22)23/h1-5,10-11,24H,6-9,12H2,(H,28,29)/p-1. The van der Waals surface area contributed by atoms with Gasteiger partial charge >= 0.3 is 6.36 Å². The molecule has 0 saturated carbocycles. The topological polar surface area (TPSA) is 84.9 Å². The molecule has 3 rings (SSSR count). The summed E-state index contributed by atoms with van der Waals surface area (Å²) >= 11 is 3.14. The van der Waals surface area contributed by atoms with Crippen LogP contribution in [0.2, 0.25) is 5.02 Å². The minimum atomic E-state index is -5.05. The van der Waals surface area contributed by atoms with E-state index in [1.165, 1.54) is 11.0 Å². The van der Waals surface area contributed by atoms with Gasteiger partial charge in [0, 0.05) is 54.6 Å². The van der Waals surface area contributed by atoms with Crippen LogP contribution in [0.4, 0.5) is 18.9 Å². The number of halogens is 4. The predicted octanol–water partition coefficient (Wildman–Crippen LogP) is 3.40. The molecule has 2 aromatic rings. The van der Waals surface area contributed by atoms with Crippen molar-refractivity contribution in [1.82, 2.24) is 9.80 Å². The van der Waals surface area contributed by atoms with Crippen LogP contribution in [0, 0.1) is 0 Å². The molecule has 0 aromatic heterocycles. The molecule has 0 radical (unpaired) electrons. The number of benzene rings is 2. The number of carbonyl (C=O) groups excluding carboxylic acids is 1. The van der Waals surface area contributed by atoms with Crippen molar-refractivity contribution < 1.29 is 31.5 Å². The second kappa shape index (κ2) is 9.86. The van der Waals surface area contributed by atoms with Crippen LogP contribution in [0.3, 0.4) is 0 Å². The molecule has 1 atom stereocenters. The summed E-state index contributed by atoms with van der Waals surface area (Å²) in [7, 11) is 0. The maximum Gasteiger partial charge on any atom is 0.573 e. The lowest BCUT2D eigenvalue weighted by molar-refractivity contribution is -0.274. The van der Waals surface area contributed by atoms with E-state index in [1.807, 2.05) is 22.9 Å². The van der Waals surface area contributed by atoms with E-state index in [2.05, 4.69) is 9.64 Å². The number of carbonyl (C=O) groups is 1. The second-order valence-corrected chi connectivity index (χ2v) is 7.90. The van der Waals surface area contributed by atoms with Gasteiger partial charge in [0.25, 0.3) is 5.91 Å². The third-order valence-electron chi connectivity index (χ3n) is 4.60. The van der Waals surface area contributed by atoms with Gasteiger partial charge in [-0.15, -0.1) is 13.2 Å². The van der Waals surface area contributed by atoms with Gasteiger partial charge < -0.3 is 18.9 Å². The number of ether oxygens (including phenoxy) is 1. The number of hydrogen-bond donors (Lipinski definition) is 1. The van der Waals surface area contributed by atoms with Gasteiger partial charge in [-0.25, -0.2) is 0 Å². The molecule has 1 N–H and O–H groups in total. The Balaban J connectivity index is 1.67. The summed E-state index contributed by atoms with van der Waals surface area (Å²) in [4.78, 5) is 16.4. The highest BCUT2D eigenvalue weighted by atomic mass is 35.5. The first-order valence-electron chi connectivity index (χ1n) is 9.12. The van der Waals surface area contributed by atoms with Crippen LogP contribution < -0.4 is 9.46 Å². The van der Waals surface area contributed by atoms with E-state index in [9.17, 15) is 26.7 Å². The van der Waals surface area contributed by atoms with Crippen molar-refractivity contribution in [3.8, 4) is 5.75 Å². The van der Waals surface area contributed by atoms with E-state index in [0.29, 0.717) is 37.7 Å². The number of piperazine rings is 1. The van der Waals surface area contributed by atoms with Crippen LogP contribution in [0.25, 0.3) is 0 Å². The van der Waals surface area contributed by atoms with Crippen LogP contribution in [0.5, 0.6) is 5.75 Å². The summed E-state index contributed by atoms with van der Waals surface area (Å²) < 4.78 is 65.3. The molecule has 12 heteroatoms. The first-order valence-corrected chi connectivity index (χ1v) is 10.6. The Hall–Kier alpha value is -2.34. The van der Waals surface area contributed by atoms with Crippen molar-refractivity contribution in [1.29, 1.82) is 0 Å². The van der Waals surface area contributed by atoms with Crippen molar-refractivity contribution in [3.63, 3.8) is 0 Å². The Morgan fingerprint density at radius 3 is 2.48 bits per heavy atom. The van der Waals surface area contributed by atoms with Gasteiger partial charge in [-0.1, -0.05) is 23.7 Å². The molecule has 7 nitrogen and oxygen atoms in total. The van der Waals surface area contributed by atoms with Gasteiger partial charge in [-0.3, -0.25) is 13.9 Å². The van der Waals surface area contributed by atoms with Crippen molar-refractivity contribution in [2.24, 2.45) is 0 Å². The fourth-order valence-corrected chi connectivity index (χ4v) is 3.78. The highest BCUT2D eigenvalue weighted by molar-refractivity contribution is 7.80. The van der Waals surface area contributed by atoms with Crippen LogP contribution in [0.15, 0.2) is 42.5 Å². The van der Waals surface area contributed by atoms with Gasteiger partial charge in [-0.2, -0.15) is 0 Å². The number of alkyl halides is 3. The molecule has 1 aliphatic rings. The first-order chi connectivity index (χ1) is 14.6. The molecule has 0 spiro atoms. The highest BCUT2D eigenvalue weighted by Gasteiger charge is 2.33. The fraction of sp³-hybridized carbons (Fsp3) is 0.316. The normalized spacial score (nSPS) is 16.1. The molecule has 168 valence electrons. The number of rotatable bonds is 6. The largest absolute Gasteiger partial charge is 0.755 e. The lowest BCUT2D eigenvalue weighted by Gasteiger charge is -2.35. The molecule has 1 saturated heterocycles. The Kier molecular flexibility index (Phi) is 7.42. The minimum absolute atomic E-state index is 0.0372. The Morgan fingerprint density at radius 1 is 1.16 bits per heavy atom.